The summed E-state index contributed by atoms with van der Waals surface area (Å²) in [5.41, 5.74) is 0. The number of aliphatic hydroxyl groups excluding tert-OH is 1. The zero-order valence-electron chi connectivity index (χ0n) is 70.1. The van der Waals surface area contributed by atoms with Crippen LogP contribution in [0.2, 0.25) is 0 Å². The molecule has 3 unspecified atom stereocenters. The van der Waals surface area contributed by atoms with Gasteiger partial charge in [0.2, 0.25) is 0 Å². The van der Waals surface area contributed by atoms with Gasteiger partial charge in [-0.05, 0) is 49.4 Å². The standard InChI is InChI=1S/C87H170O17P2/c1-77(2)63-55-47-39-32-26-20-15-11-9-10-12-18-24-30-36-44-53-61-69-87(92)104-83(74-98-85(90)68-60-52-46-38-42-50-58-66-80(7)8)76-102-106(95,96)100-72-81(88)71-99-105(93,94)101-75-82(103-86(91)70-62-54-45-37-31-25-19-22-28-34-41-49-57-65-79(5)6)73-97-84(89)67-59-51-43-35-29-23-17-14-13-16-21-27-33-40-48-56-64-78(3)4/h77-83,88H,9-76H2,1-8H3,(H,93,94)(H,95,96)/t81?,82-,83-/m1/s1. The van der Waals surface area contributed by atoms with Crippen molar-refractivity contribution in [3.63, 3.8) is 0 Å². The second-order valence-electron chi connectivity index (χ2n) is 33.2. The number of hydrogen-bond donors (Lipinski definition) is 3. The van der Waals surface area contributed by atoms with Crippen LogP contribution < -0.4 is 0 Å². The van der Waals surface area contributed by atoms with E-state index in [0.29, 0.717) is 31.6 Å². The number of rotatable bonds is 84. The Hall–Kier alpha value is -1.94. The average Bonchev–Trinajstić information content (AvgIpc) is 0.900. The second-order valence-corrected chi connectivity index (χ2v) is 36.1. The van der Waals surface area contributed by atoms with Crippen molar-refractivity contribution in [2.24, 2.45) is 23.7 Å². The highest BCUT2D eigenvalue weighted by molar-refractivity contribution is 7.47. The largest absolute Gasteiger partial charge is 0.472 e. The molecule has 0 aliphatic heterocycles. The van der Waals surface area contributed by atoms with Gasteiger partial charge in [-0.1, -0.05) is 402 Å². The Balaban J connectivity index is 5.21. The fraction of sp³-hybridized carbons (Fsp3) is 0.954. The van der Waals surface area contributed by atoms with Crippen molar-refractivity contribution in [1.82, 2.24) is 0 Å². The molecule has 0 aromatic heterocycles. The van der Waals surface area contributed by atoms with Gasteiger partial charge in [0, 0.05) is 25.7 Å². The van der Waals surface area contributed by atoms with Crippen molar-refractivity contribution in [3.05, 3.63) is 0 Å². The van der Waals surface area contributed by atoms with Crippen molar-refractivity contribution >= 4 is 39.5 Å². The molecule has 0 radical (unpaired) electrons. The number of ether oxygens (including phenoxy) is 4. The van der Waals surface area contributed by atoms with Crippen LogP contribution in [0.1, 0.15) is 453 Å². The monoisotopic (exact) mass is 1550 g/mol. The van der Waals surface area contributed by atoms with Crippen LogP contribution in [0.3, 0.4) is 0 Å². The molecule has 3 N–H and O–H groups in total. The molecule has 0 spiro atoms. The Morgan fingerprint density at radius 2 is 0.396 bits per heavy atom. The molecular weight excluding hydrogens is 1380 g/mol. The number of phosphoric ester groups is 2. The molecule has 0 fully saturated rings. The topological polar surface area (TPSA) is 237 Å². The molecule has 5 atom stereocenters. The number of unbranched alkanes of at least 4 members (excludes halogenated alkanes) is 50. The Morgan fingerprint density at radius 1 is 0.236 bits per heavy atom. The van der Waals surface area contributed by atoms with Gasteiger partial charge in [0.25, 0.3) is 0 Å². The van der Waals surface area contributed by atoms with E-state index in [0.717, 1.165) is 114 Å². The highest BCUT2D eigenvalue weighted by Gasteiger charge is 2.31. The van der Waals surface area contributed by atoms with Gasteiger partial charge < -0.3 is 33.8 Å². The maximum atomic E-state index is 13.1. The second kappa shape index (κ2) is 75.7. The minimum atomic E-state index is -4.97. The molecule has 0 rings (SSSR count). The SMILES string of the molecule is CC(C)CCCCCCCCCCCCCCCCCCCCC(=O)O[C@H](COC(=O)CCCCCCCCCC(C)C)COP(=O)(O)OCC(O)COP(=O)(O)OC[C@@H](COC(=O)CCCCCCCCCCCCCCCCCCC(C)C)OC(=O)CCCCCCCCCCCCCCCC(C)C. The number of esters is 4. The van der Waals surface area contributed by atoms with E-state index in [9.17, 15) is 43.2 Å². The van der Waals surface area contributed by atoms with E-state index in [-0.39, 0.29) is 25.7 Å². The Kier molecular flexibility index (Phi) is 74.3. The van der Waals surface area contributed by atoms with Crippen molar-refractivity contribution < 1.29 is 80.2 Å². The molecule has 17 nitrogen and oxygen atoms in total. The van der Waals surface area contributed by atoms with E-state index in [1.54, 1.807) is 0 Å². The Labute approximate surface area is 651 Å². The number of carbonyl (C=O) groups is 4. The molecule has 0 saturated heterocycles. The van der Waals surface area contributed by atoms with Crippen LogP contribution in [0, 0.1) is 23.7 Å². The molecule has 19 heteroatoms. The minimum Gasteiger partial charge on any atom is -0.462 e. The van der Waals surface area contributed by atoms with E-state index in [1.165, 1.54) is 250 Å². The van der Waals surface area contributed by atoms with Crippen LogP contribution in [0.5, 0.6) is 0 Å². The van der Waals surface area contributed by atoms with Crippen LogP contribution >= 0.6 is 15.6 Å². The lowest BCUT2D eigenvalue weighted by atomic mass is 10.0. The number of aliphatic hydroxyl groups is 1. The van der Waals surface area contributed by atoms with Gasteiger partial charge in [-0.25, -0.2) is 9.13 Å². The van der Waals surface area contributed by atoms with Crippen LogP contribution in [0.25, 0.3) is 0 Å². The summed E-state index contributed by atoms with van der Waals surface area (Å²) in [7, 11) is -9.93. The molecule has 0 heterocycles. The van der Waals surface area contributed by atoms with Crippen LogP contribution in [0.4, 0.5) is 0 Å². The van der Waals surface area contributed by atoms with E-state index in [4.69, 9.17) is 37.0 Å². The van der Waals surface area contributed by atoms with E-state index in [1.807, 2.05) is 0 Å². The maximum absolute atomic E-state index is 13.1. The van der Waals surface area contributed by atoms with Crippen molar-refractivity contribution in [3.8, 4) is 0 Å². The van der Waals surface area contributed by atoms with E-state index < -0.39 is 97.5 Å². The summed E-state index contributed by atoms with van der Waals surface area (Å²) >= 11 is 0. The molecule has 0 bridgehead atoms. The molecule has 0 amide bonds. The maximum Gasteiger partial charge on any atom is 0.472 e. The minimum absolute atomic E-state index is 0.107. The van der Waals surface area contributed by atoms with Gasteiger partial charge in [-0.15, -0.1) is 0 Å². The average molecular weight is 1550 g/mol. The van der Waals surface area contributed by atoms with Gasteiger partial charge in [-0.2, -0.15) is 0 Å². The van der Waals surface area contributed by atoms with E-state index >= 15 is 0 Å². The molecule has 0 aromatic carbocycles. The lowest BCUT2D eigenvalue weighted by molar-refractivity contribution is -0.161. The summed E-state index contributed by atoms with van der Waals surface area (Å²) in [6.07, 6.45) is 65.4. The first kappa shape index (κ1) is 104. The lowest BCUT2D eigenvalue weighted by Crippen LogP contribution is -2.30. The first-order valence-corrected chi connectivity index (χ1v) is 47.7. The molecule has 0 aromatic rings. The highest BCUT2D eigenvalue weighted by atomic mass is 31.2. The molecule has 630 valence electrons. The predicted octanol–water partition coefficient (Wildman–Crippen LogP) is 26.3. The summed E-state index contributed by atoms with van der Waals surface area (Å²) in [6, 6.07) is 0. The molecular formula is C87H170O17P2. The van der Waals surface area contributed by atoms with Gasteiger partial charge in [0.15, 0.2) is 12.2 Å². The number of carbonyl (C=O) groups excluding carboxylic acids is 4. The normalized spacial score (nSPS) is 13.9. The van der Waals surface area contributed by atoms with Crippen molar-refractivity contribution in [1.29, 1.82) is 0 Å². The summed E-state index contributed by atoms with van der Waals surface area (Å²) in [6.45, 7) is 14.3. The zero-order valence-corrected chi connectivity index (χ0v) is 71.9. The van der Waals surface area contributed by atoms with Gasteiger partial charge in [-0.3, -0.25) is 37.3 Å². The van der Waals surface area contributed by atoms with Crippen molar-refractivity contribution in [2.45, 2.75) is 472 Å². The predicted molar refractivity (Wildman–Crippen MR) is 437 cm³/mol. The van der Waals surface area contributed by atoms with Crippen molar-refractivity contribution in [2.75, 3.05) is 39.6 Å². The quantitative estimate of drug-likeness (QED) is 0.0222. The fourth-order valence-corrected chi connectivity index (χ4v) is 15.1. The summed E-state index contributed by atoms with van der Waals surface area (Å²) in [4.78, 5) is 73.2. The van der Waals surface area contributed by atoms with Gasteiger partial charge in [0.05, 0.1) is 26.4 Å². The van der Waals surface area contributed by atoms with Crippen LogP contribution in [-0.4, -0.2) is 96.7 Å². The Morgan fingerprint density at radius 3 is 0.585 bits per heavy atom. The molecule has 106 heavy (non-hydrogen) atoms. The molecule has 0 saturated carbocycles. The number of hydrogen-bond acceptors (Lipinski definition) is 15. The smallest absolute Gasteiger partial charge is 0.462 e. The first-order valence-electron chi connectivity index (χ1n) is 44.7. The summed E-state index contributed by atoms with van der Waals surface area (Å²) < 4.78 is 68.9. The summed E-state index contributed by atoms with van der Waals surface area (Å²) in [5, 5.41) is 10.7. The lowest BCUT2D eigenvalue weighted by Gasteiger charge is -2.21. The third kappa shape index (κ3) is 80.1. The van der Waals surface area contributed by atoms with Crippen LogP contribution in [0.15, 0.2) is 0 Å². The van der Waals surface area contributed by atoms with Gasteiger partial charge in [0.1, 0.15) is 19.3 Å². The van der Waals surface area contributed by atoms with Gasteiger partial charge >= 0.3 is 39.5 Å². The van der Waals surface area contributed by atoms with E-state index in [2.05, 4.69) is 55.4 Å². The molecule has 0 aliphatic rings. The Bertz CT molecular complexity index is 2060. The fourth-order valence-electron chi connectivity index (χ4n) is 13.5. The third-order valence-corrected chi connectivity index (χ3v) is 22.2. The zero-order chi connectivity index (χ0) is 78.1. The molecule has 0 aliphatic carbocycles. The first-order chi connectivity index (χ1) is 51.1. The number of phosphoric acid groups is 2. The summed E-state index contributed by atoms with van der Waals surface area (Å²) in [5.74, 6) is 1.02. The highest BCUT2D eigenvalue weighted by Crippen LogP contribution is 2.45. The van der Waals surface area contributed by atoms with Crippen LogP contribution in [-0.2, 0) is 65.4 Å². The third-order valence-electron chi connectivity index (χ3n) is 20.3.